The van der Waals surface area contributed by atoms with Gasteiger partial charge in [0.05, 0.1) is 17.2 Å². The van der Waals surface area contributed by atoms with Gasteiger partial charge in [0, 0.05) is 22.2 Å². The highest BCUT2D eigenvalue weighted by molar-refractivity contribution is 6.09. The van der Waals surface area contributed by atoms with E-state index < -0.39 is 0 Å². The highest BCUT2D eigenvalue weighted by Crippen LogP contribution is 2.32. The molecule has 0 radical (unpaired) electrons. The Labute approximate surface area is 142 Å². The van der Waals surface area contributed by atoms with Gasteiger partial charge in [0.15, 0.2) is 0 Å². The zero-order chi connectivity index (χ0) is 16.7. The van der Waals surface area contributed by atoms with E-state index in [1.165, 1.54) is 27.5 Å². The van der Waals surface area contributed by atoms with Crippen LogP contribution < -0.4 is 0 Å². The molecule has 0 atom stereocenters. The molecule has 0 N–H and O–H groups in total. The summed E-state index contributed by atoms with van der Waals surface area (Å²) in [5, 5.41) is 2.57. The standard InChI is InChI=1S/C22H22N2/c1-22(2,3)14-16-13-19-18-11-7-8-12-20(18)24(21(19)15-23-16)17-9-5-4-6-10-17/h4-13,15H,14H2,1-3H3. The van der Waals surface area contributed by atoms with Crippen molar-refractivity contribution in [3.8, 4) is 5.69 Å². The van der Waals surface area contributed by atoms with Gasteiger partial charge < -0.3 is 4.57 Å². The second-order valence-corrected chi connectivity index (χ2v) is 7.62. The van der Waals surface area contributed by atoms with E-state index >= 15 is 0 Å². The molecule has 0 amide bonds. The fraction of sp³-hybridized carbons (Fsp3) is 0.227. The van der Waals surface area contributed by atoms with Crippen LogP contribution in [0, 0.1) is 5.41 Å². The number of nitrogens with zero attached hydrogens (tertiary/aromatic N) is 2. The van der Waals surface area contributed by atoms with Crippen LogP contribution in [0.25, 0.3) is 27.5 Å². The van der Waals surface area contributed by atoms with E-state index in [-0.39, 0.29) is 5.41 Å². The Morgan fingerprint density at radius 3 is 2.29 bits per heavy atom. The molecule has 24 heavy (non-hydrogen) atoms. The van der Waals surface area contributed by atoms with Gasteiger partial charge in [-0.25, -0.2) is 0 Å². The van der Waals surface area contributed by atoms with E-state index in [0.717, 1.165) is 12.1 Å². The van der Waals surface area contributed by atoms with Crippen molar-refractivity contribution in [3.63, 3.8) is 0 Å². The van der Waals surface area contributed by atoms with Crippen LogP contribution in [-0.4, -0.2) is 9.55 Å². The van der Waals surface area contributed by atoms with E-state index in [1.54, 1.807) is 0 Å². The highest BCUT2D eigenvalue weighted by atomic mass is 15.0. The summed E-state index contributed by atoms with van der Waals surface area (Å²) in [5.41, 5.74) is 4.96. The summed E-state index contributed by atoms with van der Waals surface area (Å²) in [5.74, 6) is 0. The lowest BCUT2D eigenvalue weighted by molar-refractivity contribution is 0.406. The third kappa shape index (κ3) is 2.58. The van der Waals surface area contributed by atoms with Gasteiger partial charge >= 0.3 is 0 Å². The van der Waals surface area contributed by atoms with Crippen molar-refractivity contribution in [3.05, 3.63) is 72.6 Å². The zero-order valence-electron chi connectivity index (χ0n) is 14.5. The van der Waals surface area contributed by atoms with E-state index in [0.29, 0.717) is 0 Å². The van der Waals surface area contributed by atoms with E-state index in [2.05, 4.69) is 86.0 Å². The molecule has 0 saturated carbocycles. The van der Waals surface area contributed by atoms with Crippen molar-refractivity contribution in [1.82, 2.24) is 9.55 Å². The van der Waals surface area contributed by atoms with Crippen LogP contribution in [0.4, 0.5) is 0 Å². The number of benzene rings is 2. The summed E-state index contributed by atoms with van der Waals surface area (Å²) in [6.45, 7) is 6.77. The van der Waals surface area contributed by atoms with Gasteiger partial charge in [0.25, 0.3) is 0 Å². The van der Waals surface area contributed by atoms with Crippen LogP contribution in [0.1, 0.15) is 26.5 Å². The molecule has 0 unspecified atom stereocenters. The van der Waals surface area contributed by atoms with E-state index in [9.17, 15) is 0 Å². The summed E-state index contributed by atoms with van der Waals surface area (Å²) in [6, 6.07) is 21.4. The van der Waals surface area contributed by atoms with Gasteiger partial charge in [-0.3, -0.25) is 4.98 Å². The molecule has 0 bridgehead atoms. The number of aromatic nitrogens is 2. The van der Waals surface area contributed by atoms with Crippen LogP contribution >= 0.6 is 0 Å². The smallest absolute Gasteiger partial charge is 0.0724 e. The maximum Gasteiger partial charge on any atom is 0.0724 e. The fourth-order valence-corrected chi connectivity index (χ4v) is 3.41. The van der Waals surface area contributed by atoms with E-state index in [4.69, 9.17) is 4.98 Å². The molecule has 2 nitrogen and oxygen atoms in total. The quantitative estimate of drug-likeness (QED) is 0.459. The third-order valence-electron chi connectivity index (χ3n) is 4.34. The second-order valence-electron chi connectivity index (χ2n) is 7.62. The van der Waals surface area contributed by atoms with Gasteiger partial charge in [0.1, 0.15) is 0 Å². The lowest BCUT2D eigenvalue weighted by Gasteiger charge is -2.17. The Morgan fingerprint density at radius 1 is 0.833 bits per heavy atom. The van der Waals surface area contributed by atoms with Crippen molar-refractivity contribution in [2.45, 2.75) is 27.2 Å². The highest BCUT2D eigenvalue weighted by Gasteiger charge is 2.16. The molecule has 0 aliphatic rings. The lowest BCUT2D eigenvalue weighted by Crippen LogP contribution is -2.10. The predicted molar refractivity (Wildman–Crippen MR) is 102 cm³/mol. The predicted octanol–water partition coefficient (Wildman–Crippen LogP) is 5.77. The molecule has 0 aliphatic heterocycles. The first-order chi connectivity index (χ1) is 11.5. The average molecular weight is 314 g/mol. The topological polar surface area (TPSA) is 17.8 Å². The molecule has 2 heterocycles. The Bertz CT molecular complexity index is 1000. The minimum Gasteiger partial charge on any atom is -0.308 e. The molecule has 4 aromatic rings. The summed E-state index contributed by atoms with van der Waals surface area (Å²) < 4.78 is 2.30. The molecule has 2 heteroatoms. The molecule has 0 saturated heterocycles. The third-order valence-corrected chi connectivity index (χ3v) is 4.34. The number of hydrogen-bond donors (Lipinski definition) is 0. The van der Waals surface area contributed by atoms with Crippen LogP contribution in [0.3, 0.4) is 0 Å². The van der Waals surface area contributed by atoms with Gasteiger partial charge in [0.2, 0.25) is 0 Å². The molecule has 0 spiro atoms. The van der Waals surface area contributed by atoms with Crippen LogP contribution in [-0.2, 0) is 6.42 Å². The number of pyridine rings is 1. The summed E-state index contributed by atoms with van der Waals surface area (Å²) >= 11 is 0. The Hall–Kier alpha value is -2.61. The first kappa shape index (κ1) is 14.9. The Balaban J connectivity index is 2.02. The number of rotatable bonds is 2. The molecule has 2 aromatic carbocycles. The van der Waals surface area contributed by atoms with Gasteiger partial charge in [-0.1, -0.05) is 57.2 Å². The molecular formula is C22H22N2. The van der Waals surface area contributed by atoms with Crippen molar-refractivity contribution < 1.29 is 0 Å². The number of fused-ring (bicyclic) bond motifs is 3. The van der Waals surface area contributed by atoms with Gasteiger partial charge in [-0.15, -0.1) is 0 Å². The monoisotopic (exact) mass is 314 g/mol. The van der Waals surface area contributed by atoms with Crippen LogP contribution in [0.2, 0.25) is 0 Å². The second kappa shape index (κ2) is 5.48. The van der Waals surface area contributed by atoms with Crippen LogP contribution in [0.5, 0.6) is 0 Å². The maximum absolute atomic E-state index is 4.75. The minimum absolute atomic E-state index is 0.235. The zero-order valence-corrected chi connectivity index (χ0v) is 14.5. The fourth-order valence-electron chi connectivity index (χ4n) is 3.41. The van der Waals surface area contributed by atoms with Gasteiger partial charge in [-0.2, -0.15) is 0 Å². The normalized spacial score (nSPS) is 12.1. The molecule has 4 rings (SSSR count). The maximum atomic E-state index is 4.75. The number of para-hydroxylation sites is 2. The summed E-state index contributed by atoms with van der Waals surface area (Å²) in [7, 11) is 0. The van der Waals surface area contributed by atoms with Crippen LogP contribution in [0.15, 0.2) is 66.9 Å². The summed E-state index contributed by atoms with van der Waals surface area (Å²) in [4.78, 5) is 4.75. The molecular weight excluding hydrogens is 292 g/mol. The SMILES string of the molecule is CC(C)(C)Cc1cc2c3ccccc3n(-c3ccccc3)c2cn1. The van der Waals surface area contributed by atoms with Crippen molar-refractivity contribution >= 4 is 21.8 Å². The Kier molecular flexibility index (Phi) is 3.42. The molecule has 2 aromatic heterocycles. The Morgan fingerprint density at radius 2 is 1.54 bits per heavy atom. The van der Waals surface area contributed by atoms with Crippen molar-refractivity contribution in [2.24, 2.45) is 5.41 Å². The summed E-state index contributed by atoms with van der Waals surface area (Å²) in [6.07, 6.45) is 3.01. The first-order valence-electron chi connectivity index (χ1n) is 8.46. The molecule has 0 aliphatic carbocycles. The first-order valence-corrected chi connectivity index (χ1v) is 8.46. The minimum atomic E-state index is 0.235. The van der Waals surface area contributed by atoms with Crippen molar-refractivity contribution in [1.29, 1.82) is 0 Å². The molecule has 120 valence electrons. The van der Waals surface area contributed by atoms with Crippen molar-refractivity contribution in [2.75, 3.05) is 0 Å². The lowest BCUT2D eigenvalue weighted by atomic mass is 9.90. The van der Waals surface area contributed by atoms with E-state index in [1.807, 2.05) is 6.20 Å². The largest absolute Gasteiger partial charge is 0.308 e. The molecule has 0 fully saturated rings. The average Bonchev–Trinajstić information content (AvgIpc) is 2.88. The number of hydrogen-bond acceptors (Lipinski definition) is 1. The van der Waals surface area contributed by atoms with Gasteiger partial charge in [-0.05, 0) is 36.1 Å².